The predicted octanol–water partition coefficient (Wildman–Crippen LogP) is 3.18. The Morgan fingerprint density at radius 1 is 1.12 bits per heavy atom. The van der Waals surface area contributed by atoms with Gasteiger partial charge < -0.3 is 5.32 Å². The van der Waals surface area contributed by atoms with Gasteiger partial charge in [0.25, 0.3) is 0 Å². The Bertz CT molecular complexity index is 950. The smallest absolute Gasteiger partial charge is 0.248 e. The molecule has 0 saturated carbocycles. The van der Waals surface area contributed by atoms with Gasteiger partial charge in [0, 0.05) is 31.4 Å². The zero-order valence-electron chi connectivity index (χ0n) is 14.5. The molecule has 0 unspecified atom stereocenters. The molecule has 8 heteroatoms. The Morgan fingerprint density at radius 3 is 2.31 bits per heavy atom. The van der Waals surface area contributed by atoms with Crippen molar-refractivity contribution in [3.05, 3.63) is 65.2 Å². The van der Waals surface area contributed by atoms with Crippen LogP contribution in [-0.4, -0.2) is 32.7 Å². The molecule has 0 radical (unpaired) electrons. The summed E-state index contributed by atoms with van der Waals surface area (Å²) in [7, 11) is -0.851. The van der Waals surface area contributed by atoms with Crippen LogP contribution in [0.1, 0.15) is 11.1 Å². The lowest BCUT2D eigenvalue weighted by Crippen LogP contribution is -2.23. The number of nitrogens with one attached hydrogen (secondary N) is 1. The molecule has 2 rings (SSSR count). The van der Waals surface area contributed by atoms with Gasteiger partial charge in [0.2, 0.25) is 15.9 Å². The molecule has 0 atom stereocenters. The first-order chi connectivity index (χ1) is 12.1. The highest BCUT2D eigenvalue weighted by molar-refractivity contribution is 7.89. The lowest BCUT2D eigenvalue weighted by Gasteiger charge is -2.14. The number of amides is 1. The third-order valence-electron chi connectivity index (χ3n) is 3.62. The zero-order chi connectivity index (χ0) is 19.5. The molecular formula is C18H18F2N2O3S. The maximum absolute atomic E-state index is 13.5. The summed E-state index contributed by atoms with van der Waals surface area (Å²) < 4.78 is 52.7. The molecule has 0 aliphatic heterocycles. The van der Waals surface area contributed by atoms with Crippen molar-refractivity contribution < 1.29 is 22.0 Å². The average Bonchev–Trinajstić information content (AvgIpc) is 2.56. The molecule has 1 amide bonds. The fraction of sp³-hybridized carbons (Fsp3) is 0.167. The topological polar surface area (TPSA) is 66.5 Å². The summed E-state index contributed by atoms with van der Waals surface area (Å²) >= 11 is 0. The van der Waals surface area contributed by atoms with E-state index in [1.54, 1.807) is 19.1 Å². The van der Waals surface area contributed by atoms with Crippen LogP contribution in [0.5, 0.6) is 0 Å². The Kier molecular flexibility index (Phi) is 5.89. The summed E-state index contributed by atoms with van der Waals surface area (Å²) in [6, 6.07) is 7.82. The highest BCUT2D eigenvalue weighted by atomic mass is 32.2. The van der Waals surface area contributed by atoms with E-state index in [1.807, 2.05) is 0 Å². The van der Waals surface area contributed by atoms with E-state index in [0.29, 0.717) is 5.56 Å². The molecule has 0 aromatic heterocycles. The number of sulfonamides is 1. The van der Waals surface area contributed by atoms with Gasteiger partial charge in [-0.3, -0.25) is 4.79 Å². The van der Waals surface area contributed by atoms with Crippen LogP contribution in [0, 0.1) is 18.6 Å². The molecule has 5 nitrogen and oxygen atoms in total. The molecule has 1 N–H and O–H groups in total. The van der Waals surface area contributed by atoms with Crippen LogP contribution in [0.2, 0.25) is 0 Å². The molecule has 2 aromatic rings. The van der Waals surface area contributed by atoms with E-state index in [4.69, 9.17) is 0 Å². The highest BCUT2D eigenvalue weighted by Gasteiger charge is 2.20. The van der Waals surface area contributed by atoms with Crippen molar-refractivity contribution in [2.45, 2.75) is 11.8 Å². The normalized spacial score (nSPS) is 11.9. The molecule has 138 valence electrons. The third kappa shape index (κ3) is 4.33. The van der Waals surface area contributed by atoms with Crippen molar-refractivity contribution >= 4 is 27.7 Å². The van der Waals surface area contributed by atoms with Crippen molar-refractivity contribution in [3.63, 3.8) is 0 Å². The molecule has 0 spiro atoms. The molecule has 0 aliphatic carbocycles. The van der Waals surface area contributed by atoms with Gasteiger partial charge >= 0.3 is 0 Å². The zero-order valence-corrected chi connectivity index (χ0v) is 15.3. The molecule has 2 aromatic carbocycles. The number of hydrogen-bond donors (Lipinski definition) is 1. The number of carbonyl (C=O) groups is 1. The monoisotopic (exact) mass is 380 g/mol. The number of carbonyl (C=O) groups excluding carboxylic acids is 1. The molecule has 26 heavy (non-hydrogen) atoms. The van der Waals surface area contributed by atoms with Crippen LogP contribution in [0.4, 0.5) is 14.5 Å². The van der Waals surface area contributed by atoms with E-state index in [0.717, 1.165) is 28.6 Å². The summed E-state index contributed by atoms with van der Waals surface area (Å²) in [6.07, 6.45) is 1.99. The van der Waals surface area contributed by atoms with Crippen molar-refractivity contribution in [2.75, 3.05) is 19.4 Å². The molecule has 0 fully saturated rings. The lowest BCUT2D eigenvalue weighted by molar-refractivity contribution is -0.111. The van der Waals surface area contributed by atoms with Gasteiger partial charge in [0.05, 0.1) is 4.90 Å². The van der Waals surface area contributed by atoms with E-state index in [1.165, 1.54) is 26.2 Å². The summed E-state index contributed by atoms with van der Waals surface area (Å²) in [6.45, 7) is 1.64. The van der Waals surface area contributed by atoms with E-state index < -0.39 is 27.6 Å². The van der Waals surface area contributed by atoms with Gasteiger partial charge in [-0.1, -0.05) is 12.1 Å². The summed E-state index contributed by atoms with van der Waals surface area (Å²) in [5.74, 6) is -2.22. The summed E-state index contributed by atoms with van der Waals surface area (Å²) in [4.78, 5) is 12.0. The Morgan fingerprint density at radius 2 is 1.73 bits per heavy atom. The van der Waals surface area contributed by atoms with Crippen molar-refractivity contribution in [2.24, 2.45) is 0 Å². The van der Waals surface area contributed by atoms with Crippen LogP contribution in [0.15, 0.2) is 47.4 Å². The SMILES string of the molecule is Cc1ccc(NC(=O)/C=C/c2c(F)cccc2F)cc1S(=O)(=O)N(C)C. The summed E-state index contributed by atoms with van der Waals surface area (Å²) in [5, 5.41) is 2.48. The second kappa shape index (κ2) is 7.76. The number of halogens is 2. The molecule has 0 aliphatic rings. The van der Waals surface area contributed by atoms with E-state index >= 15 is 0 Å². The first-order valence-electron chi connectivity index (χ1n) is 7.59. The largest absolute Gasteiger partial charge is 0.322 e. The summed E-state index contributed by atoms with van der Waals surface area (Å²) in [5.41, 5.74) is 0.447. The minimum atomic E-state index is -3.67. The van der Waals surface area contributed by atoms with E-state index in [-0.39, 0.29) is 16.1 Å². The second-order valence-corrected chi connectivity index (χ2v) is 7.85. The molecule has 0 bridgehead atoms. The number of hydrogen-bond acceptors (Lipinski definition) is 3. The number of aryl methyl sites for hydroxylation is 1. The second-order valence-electron chi connectivity index (χ2n) is 5.73. The van der Waals surface area contributed by atoms with E-state index in [9.17, 15) is 22.0 Å². The Balaban J connectivity index is 2.24. The van der Waals surface area contributed by atoms with E-state index in [2.05, 4.69) is 5.32 Å². The Hall–Kier alpha value is -2.58. The molecule has 0 saturated heterocycles. The van der Waals surface area contributed by atoms with Crippen LogP contribution < -0.4 is 5.32 Å². The standard InChI is InChI=1S/C18H18F2N2O3S/c1-12-7-8-13(11-17(12)26(24,25)22(2)3)21-18(23)10-9-14-15(19)5-4-6-16(14)20/h4-11H,1-3H3,(H,21,23)/b10-9+. The minimum Gasteiger partial charge on any atom is -0.322 e. The van der Waals surface area contributed by atoms with Crippen LogP contribution in [0.25, 0.3) is 6.08 Å². The van der Waals surface area contributed by atoms with Crippen molar-refractivity contribution in [3.8, 4) is 0 Å². The van der Waals surface area contributed by atoms with Crippen molar-refractivity contribution in [1.29, 1.82) is 0 Å². The molecule has 0 heterocycles. The predicted molar refractivity (Wildman–Crippen MR) is 96.1 cm³/mol. The highest BCUT2D eigenvalue weighted by Crippen LogP contribution is 2.22. The van der Waals surface area contributed by atoms with Gasteiger partial charge in [-0.2, -0.15) is 0 Å². The first-order valence-corrected chi connectivity index (χ1v) is 9.03. The van der Waals surface area contributed by atoms with Gasteiger partial charge in [0.15, 0.2) is 0 Å². The number of anilines is 1. The van der Waals surface area contributed by atoms with Crippen LogP contribution in [-0.2, 0) is 14.8 Å². The van der Waals surface area contributed by atoms with Gasteiger partial charge in [0.1, 0.15) is 11.6 Å². The molecular weight excluding hydrogens is 362 g/mol. The number of nitrogens with zero attached hydrogens (tertiary/aromatic N) is 1. The fourth-order valence-corrected chi connectivity index (χ4v) is 3.31. The third-order valence-corrected chi connectivity index (χ3v) is 5.57. The first kappa shape index (κ1) is 19.7. The van der Waals surface area contributed by atoms with Gasteiger partial charge in [-0.15, -0.1) is 0 Å². The lowest BCUT2D eigenvalue weighted by atomic mass is 10.2. The maximum atomic E-state index is 13.5. The van der Waals surface area contributed by atoms with Gasteiger partial charge in [-0.25, -0.2) is 21.5 Å². The maximum Gasteiger partial charge on any atom is 0.248 e. The van der Waals surface area contributed by atoms with Crippen LogP contribution >= 0.6 is 0 Å². The van der Waals surface area contributed by atoms with Crippen LogP contribution in [0.3, 0.4) is 0 Å². The average molecular weight is 380 g/mol. The number of rotatable bonds is 5. The van der Waals surface area contributed by atoms with Crippen molar-refractivity contribution in [1.82, 2.24) is 4.31 Å². The van der Waals surface area contributed by atoms with Gasteiger partial charge in [-0.05, 0) is 42.8 Å². The Labute approximate surface area is 151 Å². The quantitative estimate of drug-likeness (QED) is 0.811. The number of benzene rings is 2. The minimum absolute atomic E-state index is 0.0597. The fourth-order valence-electron chi connectivity index (χ4n) is 2.17.